The molecule has 20 heavy (non-hydrogen) atoms. The van der Waals surface area contributed by atoms with Gasteiger partial charge in [0.05, 0.1) is 23.0 Å². The fraction of sp³-hybridized carbons (Fsp3) is 0. The zero-order valence-corrected chi connectivity index (χ0v) is 10.6. The van der Waals surface area contributed by atoms with E-state index in [2.05, 4.69) is 6.07 Å². The molecule has 4 nitrogen and oxygen atoms in total. The molecule has 0 unspecified atom stereocenters. The summed E-state index contributed by atoms with van der Waals surface area (Å²) < 4.78 is 0. The molecular formula is C16H11N3O. The average Bonchev–Trinajstić information content (AvgIpc) is 2.63. The Morgan fingerprint density at radius 3 is 2.50 bits per heavy atom. The van der Waals surface area contributed by atoms with Crippen LogP contribution in [-0.2, 0) is 0 Å². The van der Waals surface area contributed by atoms with Crippen molar-refractivity contribution in [2.75, 3.05) is 4.90 Å². The van der Waals surface area contributed by atoms with Crippen molar-refractivity contribution in [1.29, 1.82) is 5.26 Å². The molecule has 2 aromatic rings. The van der Waals surface area contributed by atoms with E-state index in [1.165, 1.54) is 4.90 Å². The summed E-state index contributed by atoms with van der Waals surface area (Å²) in [6, 6.07) is 14.2. The summed E-state index contributed by atoms with van der Waals surface area (Å²) >= 11 is 0. The first kappa shape index (κ1) is 12.0. The Morgan fingerprint density at radius 1 is 1.05 bits per heavy atom. The van der Waals surface area contributed by atoms with Gasteiger partial charge in [0.2, 0.25) is 0 Å². The lowest BCUT2D eigenvalue weighted by Crippen LogP contribution is -2.32. The van der Waals surface area contributed by atoms with Crippen LogP contribution < -0.4 is 10.6 Å². The summed E-state index contributed by atoms with van der Waals surface area (Å²) in [4.78, 5) is 13.3. The van der Waals surface area contributed by atoms with Gasteiger partial charge < -0.3 is 5.73 Å². The maximum absolute atomic E-state index is 11.8. The highest BCUT2D eigenvalue weighted by Crippen LogP contribution is 2.36. The summed E-state index contributed by atoms with van der Waals surface area (Å²) in [6.45, 7) is 0. The number of para-hydroxylation sites is 1. The molecule has 0 saturated carbocycles. The van der Waals surface area contributed by atoms with E-state index in [1.807, 2.05) is 36.4 Å². The lowest BCUT2D eigenvalue weighted by atomic mass is 10.1. The van der Waals surface area contributed by atoms with Gasteiger partial charge >= 0.3 is 6.03 Å². The SMILES string of the molecule is N#Cc1ccc2c(c1)C=Cc1ccccc1N2C(N)=O. The van der Waals surface area contributed by atoms with Gasteiger partial charge in [0, 0.05) is 5.56 Å². The van der Waals surface area contributed by atoms with Crippen LogP contribution >= 0.6 is 0 Å². The number of nitriles is 1. The molecule has 0 saturated heterocycles. The maximum Gasteiger partial charge on any atom is 0.323 e. The van der Waals surface area contributed by atoms with Crippen LogP contribution in [0.1, 0.15) is 16.7 Å². The Balaban J connectivity index is 2.29. The predicted octanol–water partition coefficient (Wildman–Crippen LogP) is 3.26. The second kappa shape index (κ2) is 4.56. The molecule has 1 aliphatic heterocycles. The van der Waals surface area contributed by atoms with Crippen LogP contribution in [0.4, 0.5) is 16.2 Å². The molecule has 1 heterocycles. The lowest BCUT2D eigenvalue weighted by molar-refractivity contribution is 0.256. The van der Waals surface area contributed by atoms with Gasteiger partial charge in [0.15, 0.2) is 0 Å². The van der Waals surface area contributed by atoms with Crippen molar-refractivity contribution in [1.82, 2.24) is 0 Å². The Hall–Kier alpha value is -3.06. The van der Waals surface area contributed by atoms with Crippen molar-refractivity contribution in [3.05, 3.63) is 59.2 Å². The minimum absolute atomic E-state index is 0.545. The van der Waals surface area contributed by atoms with E-state index < -0.39 is 6.03 Å². The van der Waals surface area contributed by atoms with Gasteiger partial charge in [-0.2, -0.15) is 5.26 Å². The van der Waals surface area contributed by atoms with Gasteiger partial charge in [-0.25, -0.2) is 4.79 Å². The molecule has 0 spiro atoms. The third-order valence-corrected chi connectivity index (χ3v) is 3.24. The van der Waals surface area contributed by atoms with Crippen molar-refractivity contribution >= 4 is 29.6 Å². The smallest absolute Gasteiger partial charge is 0.323 e. The highest BCUT2D eigenvalue weighted by molar-refractivity contribution is 6.04. The van der Waals surface area contributed by atoms with Gasteiger partial charge in [-0.15, -0.1) is 0 Å². The quantitative estimate of drug-likeness (QED) is 0.790. The minimum Gasteiger partial charge on any atom is -0.351 e. The summed E-state index contributed by atoms with van der Waals surface area (Å²) in [5.74, 6) is 0. The fourth-order valence-corrected chi connectivity index (χ4v) is 2.34. The van der Waals surface area contributed by atoms with E-state index in [1.54, 1.807) is 18.2 Å². The van der Waals surface area contributed by atoms with Gasteiger partial charge in [-0.05, 0) is 29.8 Å². The predicted molar refractivity (Wildman–Crippen MR) is 78.2 cm³/mol. The molecule has 96 valence electrons. The third kappa shape index (κ3) is 1.82. The number of benzene rings is 2. The second-order valence-corrected chi connectivity index (χ2v) is 4.45. The molecule has 0 radical (unpaired) electrons. The van der Waals surface area contributed by atoms with E-state index in [-0.39, 0.29) is 0 Å². The zero-order chi connectivity index (χ0) is 14.1. The number of primary amides is 1. The summed E-state index contributed by atoms with van der Waals surface area (Å²) in [5.41, 5.74) is 9.18. The topological polar surface area (TPSA) is 70.1 Å². The van der Waals surface area contributed by atoms with Crippen LogP contribution in [0.5, 0.6) is 0 Å². The minimum atomic E-state index is -0.549. The Labute approximate surface area is 116 Å². The number of nitrogens with zero attached hydrogens (tertiary/aromatic N) is 2. The lowest BCUT2D eigenvalue weighted by Gasteiger charge is -2.22. The number of anilines is 2. The summed E-state index contributed by atoms with van der Waals surface area (Å²) in [7, 11) is 0. The van der Waals surface area contributed by atoms with Crippen molar-refractivity contribution < 1.29 is 4.79 Å². The summed E-state index contributed by atoms with van der Waals surface area (Å²) in [6.07, 6.45) is 3.80. The molecule has 2 aromatic carbocycles. The molecule has 0 bridgehead atoms. The Kier molecular flexibility index (Phi) is 2.73. The molecule has 2 N–H and O–H groups in total. The highest BCUT2D eigenvalue weighted by Gasteiger charge is 2.21. The number of amides is 2. The number of carbonyl (C=O) groups excluding carboxylic acids is 1. The first-order valence-electron chi connectivity index (χ1n) is 6.11. The number of urea groups is 1. The van der Waals surface area contributed by atoms with E-state index in [0.717, 1.165) is 16.8 Å². The first-order valence-corrected chi connectivity index (χ1v) is 6.11. The normalized spacial score (nSPS) is 12.1. The number of hydrogen-bond acceptors (Lipinski definition) is 2. The van der Waals surface area contributed by atoms with Crippen LogP contribution in [-0.4, -0.2) is 6.03 Å². The molecule has 0 aromatic heterocycles. The Bertz CT molecular complexity index is 772. The molecular weight excluding hydrogens is 250 g/mol. The van der Waals surface area contributed by atoms with Crippen molar-refractivity contribution in [3.8, 4) is 6.07 Å². The van der Waals surface area contributed by atoms with Gasteiger partial charge in [0.1, 0.15) is 0 Å². The van der Waals surface area contributed by atoms with Crippen LogP contribution in [0.2, 0.25) is 0 Å². The number of fused-ring (bicyclic) bond motifs is 2. The Morgan fingerprint density at radius 2 is 1.75 bits per heavy atom. The largest absolute Gasteiger partial charge is 0.351 e. The van der Waals surface area contributed by atoms with E-state index in [4.69, 9.17) is 11.0 Å². The molecule has 0 atom stereocenters. The molecule has 4 heteroatoms. The van der Waals surface area contributed by atoms with Crippen LogP contribution in [0.25, 0.3) is 12.2 Å². The van der Waals surface area contributed by atoms with Gasteiger partial charge in [0.25, 0.3) is 0 Å². The van der Waals surface area contributed by atoms with Crippen LogP contribution in [0.3, 0.4) is 0 Å². The second-order valence-electron chi connectivity index (χ2n) is 4.45. The molecule has 3 rings (SSSR count). The monoisotopic (exact) mass is 261 g/mol. The molecule has 2 amide bonds. The average molecular weight is 261 g/mol. The van der Waals surface area contributed by atoms with Crippen molar-refractivity contribution in [2.24, 2.45) is 5.73 Å². The number of carbonyl (C=O) groups is 1. The number of nitrogens with two attached hydrogens (primary N) is 1. The highest BCUT2D eigenvalue weighted by atomic mass is 16.2. The van der Waals surface area contributed by atoms with Gasteiger partial charge in [-0.1, -0.05) is 30.4 Å². The first-order chi connectivity index (χ1) is 9.70. The van der Waals surface area contributed by atoms with Gasteiger partial charge in [-0.3, -0.25) is 4.90 Å². The maximum atomic E-state index is 11.8. The van der Waals surface area contributed by atoms with Crippen molar-refractivity contribution in [2.45, 2.75) is 0 Å². The number of rotatable bonds is 0. The molecule has 1 aliphatic rings. The van der Waals surface area contributed by atoms with Crippen LogP contribution in [0, 0.1) is 11.3 Å². The molecule has 0 fully saturated rings. The standard InChI is InChI=1S/C16H11N3O/c17-10-11-5-8-15-13(9-11)7-6-12-3-1-2-4-14(12)19(15)16(18)20/h1-9H,(H2,18,20). The summed E-state index contributed by atoms with van der Waals surface area (Å²) in [5, 5.41) is 8.98. The third-order valence-electron chi connectivity index (χ3n) is 3.24. The fourth-order valence-electron chi connectivity index (χ4n) is 2.34. The van der Waals surface area contributed by atoms with E-state index >= 15 is 0 Å². The molecule has 0 aliphatic carbocycles. The number of hydrogen-bond donors (Lipinski definition) is 1. The van der Waals surface area contributed by atoms with Crippen LogP contribution in [0.15, 0.2) is 42.5 Å². The zero-order valence-electron chi connectivity index (χ0n) is 10.6. The van der Waals surface area contributed by atoms with Crippen molar-refractivity contribution in [3.63, 3.8) is 0 Å². The van der Waals surface area contributed by atoms with E-state index in [9.17, 15) is 4.79 Å². The van der Waals surface area contributed by atoms with E-state index in [0.29, 0.717) is 11.3 Å².